The third kappa shape index (κ3) is 8.18. The number of nitrogens with one attached hydrogen (secondary N) is 2. The Morgan fingerprint density at radius 2 is 1.68 bits per heavy atom. The number of likely N-dealkylation sites (N-methyl/N-ethyl adjacent to an activating group) is 1. The first-order chi connectivity index (χ1) is 8.76. The van der Waals surface area contributed by atoms with E-state index in [0.717, 1.165) is 0 Å². The second kappa shape index (κ2) is 8.50. The summed E-state index contributed by atoms with van der Waals surface area (Å²) in [5, 5.41) is 13.8. The van der Waals surface area contributed by atoms with Crippen LogP contribution < -0.4 is 10.6 Å². The van der Waals surface area contributed by atoms with Crippen molar-refractivity contribution < 1.29 is 19.5 Å². The van der Waals surface area contributed by atoms with Gasteiger partial charge in [0.1, 0.15) is 6.04 Å². The van der Waals surface area contributed by atoms with Crippen LogP contribution in [0, 0.1) is 11.8 Å². The van der Waals surface area contributed by atoms with Gasteiger partial charge in [0.15, 0.2) is 0 Å². The summed E-state index contributed by atoms with van der Waals surface area (Å²) in [6.45, 7) is 5.63. The van der Waals surface area contributed by atoms with Gasteiger partial charge in [-0.25, -0.2) is 0 Å². The molecule has 2 unspecified atom stereocenters. The molecule has 0 rings (SSSR count). The molecule has 0 aliphatic heterocycles. The number of carboxylic acids is 1. The van der Waals surface area contributed by atoms with Gasteiger partial charge in [0.25, 0.3) is 0 Å². The average Bonchev–Trinajstić information content (AvgIpc) is 2.24. The molecule has 6 heteroatoms. The van der Waals surface area contributed by atoms with Gasteiger partial charge in [0.05, 0.1) is 0 Å². The minimum Gasteiger partial charge on any atom is -0.481 e. The van der Waals surface area contributed by atoms with Crippen molar-refractivity contribution in [2.45, 2.75) is 46.1 Å². The lowest BCUT2D eigenvalue weighted by molar-refractivity contribution is -0.138. The highest BCUT2D eigenvalue weighted by Gasteiger charge is 2.22. The van der Waals surface area contributed by atoms with Gasteiger partial charge in [-0.15, -0.1) is 0 Å². The summed E-state index contributed by atoms with van der Waals surface area (Å²) >= 11 is 0. The maximum Gasteiger partial charge on any atom is 0.303 e. The van der Waals surface area contributed by atoms with E-state index >= 15 is 0 Å². The minimum atomic E-state index is -0.926. The maximum absolute atomic E-state index is 11.8. The van der Waals surface area contributed by atoms with Gasteiger partial charge in [-0.2, -0.15) is 0 Å². The summed E-state index contributed by atoms with van der Waals surface area (Å²) in [6.07, 6.45) is 0.610. The van der Waals surface area contributed by atoms with E-state index in [0.29, 0.717) is 6.42 Å². The lowest BCUT2D eigenvalue weighted by atomic mass is 10.0. The van der Waals surface area contributed by atoms with Crippen molar-refractivity contribution >= 4 is 17.8 Å². The van der Waals surface area contributed by atoms with Crippen LogP contribution in [-0.4, -0.2) is 36.0 Å². The number of carboxylic acid groups (broad SMARTS) is 1. The van der Waals surface area contributed by atoms with Crippen molar-refractivity contribution in [2.75, 3.05) is 7.05 Å². The maximum atomic E-state index is 11.8. The molecule has 110 valence electrons. The zero-order valence-corrected chi connectivity index (χ0v) is 12.0. The summed E-state index contributed by atoms with van der Waals surface area (Å²) in [6, 6.07) is -0.561. The van der Waals surface area contributed by atoms with Crippen molar-refractivity contribution in [3.8, 4) is 0 Å². The van der Waals surface area contributed by atoms with Crippen molar-refractivity contribution in [2.24, 2.45) is 11.8 Å². The highest BCUT2D eigenvalue weighted by Crippen LogP contribution is 2.09. The first kappa shape index (κ1) is 17.4. The fraction of sp³-hybridized carbons (Fsp3) is 0.769. The topological polar surface area (TPSA) is 95.5 Å². The molecule has 2 amide bonds. The number of aliphatic carboxylic acids is 1. The van der Waals surface area contributed by atoms with Crippen LogP contribution in [0.2, 0.25) is 0 Å². The molecule has 6 nitrogen and oxygen atoms in total. The molecule has 0 aromatic heterocycles. The fourth-order valence-electron chi connectivity index (χ4n) is 1.82. The number of rotatable bonds is 8. The van der Waals surface area contributed by atoms with Crippen molar-refractivity contribution in [1.82, 2.24) is 10.6 Å². The Hall–Kier alpha value is -1.59. The van der Waals surface area contributed by atoms with Gasteiger partial charge in [0, 0.05) is 19.9 Å². The summed E-state index contributed by atoms with van der Waals surface area (Å²) in [7, 11) is 1.52. The van der Waals surface area contributed by atoms with E-state index in [1.807, 2.05) is 13.8 Å². The zero-order chi connectivity index (χ0) is 15.0. The monoisotopic (exact) mass is 272 g/mol. The van der Waals surface area contributed by atoms with E-state index in [1.54, 1.807) is 6.92 Å². The Bertz CT molecular complexity index is 329. The Labute approximate surface area is 113 Å². The fourth-order valence-corrected chi connectivity index (χ4v) is 1.82. The van der Waals surface area contributed by atoms with Gasteiger partial charge >= 0.3 is 5.97 Å². The second-order valence-electron chi connectivity index (χ2n) is 5.27. The highest BCUT2D eigenvalue weighted by atomic mass is 16.4. The van der Waals surface area contributed by atoms with Gasteiger partial charge in [-0.3, -0.25) is 14.4 Å². The normalized spacial score (nSPS) is 13.7. The Morgan fingerprint density at radius 1 is 1.11 bits per heavy atom. The molecule has 0 aliphatic rings. The van der Waals surface area contributed by atoms with E-state index < -0.39 is 12.0 Å². The molecule has 0 fully saturated rings. The Kier molecular flexibility index (Phi) is 7.79. The molecule has 0 heterocycles. The molecule has 19 heavy (non-hydrogen) atoms. The Morgan fingerprint density at radius 3 is 2.11 bits per heavy atom. The van der Waals surface area contributed by atoms with Gasteiger partial charge < -0.3 is 15.7 Å². The predicted molar refractivity (Wildman–Crippen MR) is 71.5 cm³/mol. The third-order valence-electron chi connectivity index (χ3n) is 2.66. The molecular weight excluding hydrogens is 248 g/mol. The molecule has 0 saturated carbocycles. The van der Waals surface area contributed by atoms with Crippen LogP contribution in [-0.2, 0) is 14.4 Å². The number of hydrogen-bond donors (Lipinski definition) is 3. The van der Waals surface area contributed by atoms with E-state index in [2.05, 4.69) is 10.6 Å². The highest BCUT2D eigenvalue weighted by molar-refractivity contribution is 5.87. The first-order valence-electron chi connectivity index (χ1n) is 6.49. The molecule has 2 atom stereocenters. The second-order valence-corrected chi connectivity index (χ2v) is 5.27. The summed E-state index contributed by atoms with van der Waals surface area (Å²) in [4.78, 5) is 33.9. The molecule has 3 N–H and O–H groups in total. The molecule has 0 aromatic rings. The molecule has 0 aromatic carbocycles. The van der Waals surface area contributed by atoms with Crippen molar-refractivity contribution in [1.29, 1.82) is 0 Å². The van der Waals surface area contributed by atoms with Crippen LogP contribution in [0.25, 0.3) is 0 Å². The molecule has 0 aliphatic carbocycles. The molecule has 0 spiro atoms. The van der Waals surface area contributed by atoms with Gasteiger partial charge in [-0.05, 0) is 18.3 Å². The largest absolute Gasteiger partial charge is 0.481 e. The third-order valence-corrected chi connectivity index (χ3v) is 2.66. The van der Waals surface area contributed by atoms with Crippen LogP contribution in [0.1, 0.15) is 40.0 Å². The predicted octanol–water partition coefficient (Wildman–Crippen LogP) is 0.764. The molecular formula is C13H24N2O4. The van der Waals surface area contributed by atoms with Crippen LogP contribution >= 0.6 is 0 Å². The summed E-state index contributed by atoms with van der Waals surface area (Å²) in [5.41, 5.74) is 0. The van der Waals surface area contributed by atoms with Gasteiger partial charge in [0.2, 0.25) is 11.8 Å². The smallest absolute Gasteiger partial charge is 0.303 e. The zero-order valence-electron chi connectivity index (χ0n) is 12.0. The first-order valence-corrected chi connectivity index (χ1v) is 6.49. The lowest BCUT2D eigenvalue weighted by Gasteiger charge is -2.20. The van der Waals surface area contributed by atoms with Crippen LogP contribution in [0.15, 0.2) is 0 Å². The van der Waals surface area contributed by atoms with Crippen LogP contribution in [0.3, 0.4) is 0 Å². The SMILES string of the molecule is CNC(=O)C(CC(C)C)NC(=O)CC(C)CC(=O)O. The van der Waals surface area contributed by atoms with Gasteiger partial charge in [-0.1, -0.05) is 20.8 Å². The van der Waals surface area contributed by atoms with E-state index in [1.165, 1.54) is 7.05 Å². The molecule has 0 bridgehead atoms. The summed E-state index contributed by atoms with van der Waals surface area (Å²) < 4.78 is 0. The molecule has 0 radical (unpaired) electrons. The van der Waals surface area contributed by atoms with E-state index in [9.17, 15) is 14.4 Å². The standard InChI is InChI=1S/C13H24N2O4/c1-8(2)5-10(13(19)14-4)15-11(16)6-9(3)7-12(17)18/h8-10H,5-7H2,1-4H3,(H,14,19)(H,15,16)(H,17,18). The van der Waals surface area contributed by atoms with E-state index in [-0.39, 0.29) is 36.5 Å². The number of carbonyl (C=O) groups is 3. The van der Waals surface area contributed by atoms with Crippen LogP contribution in [0.4, 0.5) is 0 Å². The summed E-state index contributed by atoms with van der Waals surface area (Å²) in [5.74, 6) is -1.41. The number of hydrogen-bond acceptors (Lipinski definition) is 3. The average molecular weight is 272 g/mol. The quantitative estimate of drug-likeness (QED) is 0.608. The number of amides is 2. The minimum absolute atomic E-state index is 0.0533. The van der Waals surface area contributed by atoms with Crippen LogP contribution in [0.5, 0.6) is 0 Å². The van der Waals surface area contributed by atoms with E-state index in [4.69, 9.17) is 5.11 Å². The Balaban J connectivity index is 4.38. The van der Waals surface area contributed by atoms with Crippen molar-refractivity contribution in [3.05, 3.63) is 0 Å². The molecule has 0 saturated heterocycles. The lowest BCUT2D eigenvalue weighted by Crippen LogP contribution is -2.46. The van der Waals surface area contributed by atoms with Crippen molar-refractivity contribution in [3.63, 3.8) is 0 Å². The number of carbonyl (C=O) groups excluding carboxylic acids is 2.